The highest BCUT2D eigenvalue weighted by atomic mass is 16.5. The molecule has 0 saturated heterocycles. The summed E-state index contributed by atoms with van der Waals surface area (Å²) < 4.78 is 10.6. The van der Waals surface area contributed by atoms with Crippen molar-refractivity contribution in [3.63, 3.8) is 0 Å². The van der Waals surface area contributed by atoms with Crippen LogP contribution in [0.2, 0.25) is 0 Å². The van der Waals surface area contributed by atoms with Gasteiger partial charge in [0.25, 0.3) is 0 Å². The van der Waals surface area contributed by atoms with E-state index in [0.29, 0.717) is 33.5 Å². The fraction of sp³-hybridized carbons (Fsp3) is 0.176. The van der Waals surface area contributed by atoms with Crippen LogP contribution in [0.4, 0.5) is 0 Å². The quantitative estimate of drug-likeness (QED) is 0.210. The molecule has 0 bridgehead atoms. The minimum atomic E-state index is -0.548. The van der Waals surface area contributed by atoms with Crippen molar-refractivity contribution in [1.29, 1.82) is 0 Å². The van der Waals surface area contributed by atoms with Crippen LogP contribution >= 0.6 is 0 Å². The van der Waals surface area contributed by atoms with Gasteiger partial charge in [-0.2, -0.15) is 9.59 Å². The van der Waals surface area contributed by atoms with Crippen molar-refractivity contribution in [2.24, 2.45) is 0 Å². The lowest BCUT2D eigenvalue weighted by Gasteiger charge is -2.08. The standard InChI is InChI=1S/C34H32N6O4/c1-5-43-33(41)31-23(3)15-17-25-11-7-9-13-29(25)35-39(37-31)27-19-21-28(22-20-27)40-36-30-14-10-8-12-26(30)18-16-24(4)32(38-40)34(42)44-6-2/h7-22H,5-6H2,1-4H3. The Morgan fingerprint density at radius 1 is 0.545 bits per heavy atom. The average molecular weight is 589 g/mol. The van der Waals surface area contributed by atoms with Crippen molar-refractivity contribution in [3.8, 4) is 11.4 Å². The van der Waals surface area contributed by atoms with Crippen LogP contribution in [0.15, 0.2) is 97.1 Å². The number of hydrogen-bond donors (Lipinski definition) is 0. The van der Waals surface area contributed by atoms with Crippen molar-refractivity contribution in [1.82, 2.24) is 30.0 Å². The number of aryl methyl sites for hydroxylation is 2. The van der Waals surface area contributed by atoms with Gasteiger partial charge < -0.3 is 9.47 Å². The van der Waals surface area contributed by atoms with Crippen LogP contribution in [0, 0.1) is 13.8 Å². The van der Waals surface area contributed by atoms with Gasteiger partial charge in [0.15, 0.2) is 11.4 Å². The zero-order valence-corrected chi connectivity index (χ0v) is 25.0. The molecule has 10 heteroatoms. The molecule has 0 spiro atoms. The van der Waals surface area contributed by atoms with E-state index < -0.39 is 11.9 Å². The van der Waals surface area contributed by atoms with Crippen molar-refractivity contribution >= 4 is 33.7 Å². The van der Waals surface area contributed by atoms with E-state index in [2.05, 4.69) is 10.2 Å². The number of benzene rings is 3. The molecule has 10 nitrogen and oxygen atoms in total. The molecule has 0 aliphatic heterocycles. The third kappa shape index (κ3) is 6.70. The van der Waals surface area contributed by atoms with E-state index in [0.717, 1.165) is 10.8 Å². The fourth-order valence-corrected chi connectivity index (χ4v) is 4.38. The monoisotopic (exact) mass is 588 g/mol. The van der Waals surface area contributed by atoms with Crippen molar-refractivity contribution < 1.29 is 19.1 Å². The molecule has 0 fully saturated rings. The summed E-state index contributed by atoms with van der Waals surface area (Å²) in [6.45, 7) is 7.53. The molecule has 0 aliphatic carbocycles. The van der Waals surface area contributed by atoms with Gasteiger partial charge in [0.1, 0.15) is 0 Å². The number of fused-ring (bicyclic) bond motifs is 2. The van der Waals surface area contributed by atoms with E-state index >= 15 is 0 Å². The van der Waals surface area contributed by atoms with Crippen LogP contribution in [0.1, 0.15) is 46.0 Å². The summed E-state index contributed by atoms with van der Waals surface area (Å²) in [5, 5.41) is 20.5. The predicted octanol–water partition coefficient (Wildman–Crippen LogP) is 6.37. The number of rotatable bonds is 6. The van der Waals surface area contributed by atoms with Crippen LogP contribution in [0.3, 0.4) is 0 Å². The van der Waals surface area contributed by atoms with E-state index in [9.17, 15) is 9.59 Å². The second-order valence-corrected chi connectivity index (χ2v) is 9.78. The molecule has 222 valence electrons. The molecule has 0 unspecified atom stereocenters. The van der Waals surface area contributed by atoms with Gasteiger partial charge in [-0.1, -0.05) is 60.7 Å². The maximum atomic E-state index is 12.9. The molecule has 0 amide bonds. The number of carbonyl (C=O) groups is 2. The lowest BCUT2D eigenvalue weighted by molar-refractivity contribution is 0.0506. The first-order valence-corrected chi connectivity index (χ1v) is 14.2. The smallest absolute Gasteiger partial charge is 0.359 e. The van der Waals surface area contributed by atoms with Gasteiger partial charge in [-0.15, -0.1) is 20.4 Å². The second kappa shape index (κ2) is 13.6. The number of hydrogen-bond acceptors (Lipinski definition) is 8. The molecular formula is C34H32N6O4. The van der Waals surface area contributed by atoms with Crippen molar-refractivity contribution in [2.75, 3.05) is 13.2 Å². The third-order valence-corrected chi connectivity index (χ3v) is 6.69. The minimum absolute atomic E-state index is 0.137. The summed E-state index contributed by atoms with van der Waals surface area (Å²) >= 11 is 0. The van der Waals surface area contributed by atoms with Crippen molar-refractivity contribution in [2.45, 2.75) is 27.7 Å². The number of ether oxygens (including phenoxy) is 2. The minimum Gasteiger partial charge on any atom is -0.461 e. The zero-order chi connectivity index (χ0) is 31.1. The van der Waals surface area contributed by atoms with Crippen LogP contribution in [0.5, 0.6) is 0 Å². The van der Waals surface area contributed by atoms with Gasteiger partial charge in [-0.3, -0.25) is 0 Å². The molecule has 5 rings (SSSR count). The molecule has 0 radical (unpaired) electrons. The highest BCUT2D eigenvalue weighted by molar-refractivity contribution is 5.89. The Bertz CT molecular complexity index is 1820. The number of nitrogens with zero attached hydrogens (tertiary/aromatic N) is 6. The molecule has 0 atom stereocenters. The van der Waals surface area contributed by atoms with E-state index in [1.807, 2.05) is 72.8 Å². The largest absolute Gasteiger partial charge is 0.461 e. The molecule has 44 heavy (non-hydrogen) atoms. The Balaban J connectivity index is 1.73. The predicted molar refractivity (Wildman–Crippen MR) is 168 cm³/mol. The topological polar surface area (TPSA) is 114 Å². The van der Waals surface area contributed by atoms with E-state index in [-0.39, 0.29) is 24.6 Å². The van der Waals surface area contributed by atoms with Crippen LogP contribution in [-0.4, -0.2) is 55.1 Å². The average Bonchev–Trinajstić information content (AvgIpc) is 3.15. The molecular weight excluding hydrogens is 556 g/mol. The molecule has 0 saturated carbocycles. The maximum Gasteiger partial charge on any atom is 0.359 e. The van der Waals surface area contributed by atoms with Crippen LogP contribution < -0.4 is 0 Å². The van der Waals surface area contributed by atoms with Crippen LogP contribution in [0.25, 0.3) is 33.2 Å². The molecule has 2 aromatic heterocycles. The number of carbonyl (C=O) groups excluding carboxylic acids is 2. The number of aromatic nitrogens is 6. The molecule has 2 heterocycles. The SMILES string of the molecule is CCOC(=O)c1nn(-c2ccc(-n3nc(C(=O)OCC)c(C)ccc4ccccc4n3)cc2)nc2ccccc2ccc1C. The Hall–Kier alpha value is -5.64. The molecule has 5 aromatic rings. The van der Waals surface area contributed by atoms with Gasteiger partial charge in [0.2, 0.25) is 0 Å². The summed E-state index contributed by atoms with van der Waals surface area (Å²) in [6.07, 6.45) is 0. The zero-order valence-electron chi connectivity index (χ0n) is 25.0. The van der Waals surface area contributed by atoms with Gasteiger partial charge in [0, 0.05) is 10.8 Å². The summed E-state index contributed by atoms with van der Waals surface area (Å²) in [5.74, 6) is -1.10. The van der Waals surface area contributed by atoms with Gasteiger partial charge in [0.05, 0.1) is 35.6 Å². The maximum absolute atomic E-state index is 12.9. The Kier molecular flexibility index (Phi) is 9.19. The summed E-state index contributed by atoms with van der Waals surface area (Å²) in [4.78, 5) is 28.6. The lowest BCUT2D eigenvalue weighted by Crippen LogP contribution is -2.14. The first kappa shape index (κ1) is 29.8. The van der Waals surface area contributed by atoms with Gasteiger partial charge in [-0.05, 0) is 75.2 Å². The Labute approximate surface area is 254 Å². The fourth-order valence-electron chi connectivity index (χ4n) is 4.38. The van der Waals surface area contributed by atoms with E-state index in [4.69, 9.17) is 19.7 Å². The lowest BCUT2D eigenvalue weighted by atomic mass is 10.2. The normalized spacial score (nSPS) is 10.6. The van der Waals surface area contributed by atoms with E-state index in [1.54, 1.807) is 52.0 Å². The molecule has 0 N–H and O–H groups in total. The highest BCUT2D eigenvalue weighted by Gasteiger charge is 2.14. The van der Waals surface area contributed by atoms with E-state index in [1.165, 1.54) is 9.59 Å². The van der Waals surface area contributed by atoms with Crippen LogP contribution in [-0.2, 0) is 9.47 Å². The van der Waals surface area contributed by atoms with Gasteiger partial charge in [-0.25, -0.2) is 9.59 Å². The second-order valence-electron chi connectivity index (χ2n) is 9.78. The summed E-state index contributed by atoms with van der Waals surface area (Å²) in [7, 11) is 0. The molecule has 0 aliphatic rings. The Morgan fingerprint density at radius 2 is 0.932 bits per heavy atom. The summed E-state index contributed by atoms with van der Waals surface area (Å²) in [5.41, 5.74) is 4.02. The molecule has 3 aromatic carbocycles. The first-order valence-electron chi connectivity index (χ1n) is 14.2. The summed E-state index contributed by atoms with van der Waals surface area (Å²) in [6, 6.07) is 29.8. The Morgan fingerprint density at radius 3 is 1.32 bits per heavy atom. The van der Waals surface area contributed by atoms with Gasteiger partial charge >= 0.3 is 11.9 Å². The first-order chi connectivity index (χ1) is 21.4. The van der Waals surface area contributed by atoms with Crippen molar-refractivity contribution in [3.05, 3.63) is 120 Å². The third-order valence-electron chi connectivity index (χ3n) is 6.69. The number of esters is 2. The highest BCUT2D eigenvalue weighted by Crippen LogP contribution is 2.16.